The van der Waals surface area contributed by atoms with Crippen LogP contribution in [0.5, 0.6) is 0 Å². The minimum absolute atomic E-state index is 0.0742. The first kappa shape index (κ1) is 19.7. The van der Waals surface area contributed by atoms with Gasteiger partial charge in [0, 0.05) is 31.3 Å². The zero-order valence-electron chi connectivity index (χ0n) is 16.3. The lowest BCUT2D eigenvalue weighted by molar-refractivity contribution is -0.385. The van der Waals surface area contributed by atoms with Gasteiger partial charge < -0.3 is 10.6 Å². The van der Waals surface area contributed by atoms with Gasteiger partial charge in [0.1, 0.15) is 5.69 Å². The van der Waals surface area contributed by atoms with E-state index < -0.39 is 16.7 Å². The Labute approximate surface area is 165 Å². The zero-order chi connectivity index (χ0) is 21.3. The van der Waals surface area contributed by atoms with Gasteiger partial charge in [0.25, 0.3) is 17.5 Å². The summed E-state index contributed by atoms with van der Waals surface area (Å²) in [4.78, 5) is 35.7. The van der Waals surface area contributed by atoms with E-state index in [1.54, 1.807) is 25.7 Å². The van der Waals surface area contributed by atoms with Gasteiger partial charge >= 0.3 is 0 Å². The molecule has 2 amide bonds. The number of carbonyl (C=O) groups excluding carboxylic acids is 2. The molecule has 0 saturated heterocycles. The van der Waals surface area contributed by atoms with Crippen molar-refractivity contribution >= 4 is 28.9 Å². The van der Waals surface area contributed by atoms with Crippen molar-refractivity contribution in [2.24, 2.45) is 14.1 Å². The van der Waals surface area contributed by atoms with Crippen LogP contribution in [0.1, 0.15) is 32.1 Å². The number of anilines is 2. The fraction of sp³-hybridized carbons (Fsp3) is 0.222. The highest BCUT2D eigenvalue weighted by molar-refractivity contribution is 6.11. The number of hydrogen-bond donors (Lipinski definition) is 2. The van der Waals surface area contributed by atoms with Gasteiger partial charge in [-0.3, -0.25) is 29.1 Å². The van der Waals surface area contributed by atoms with E-state index in [0.29, 0.717) is 11.3 Å². The number of amides is 2. The molecule has 2 N–H and O–H groups in total. The first-order valence-corrected chi connectivity index (χ1v) is 8.57. The number of benzene rings is 1. The van der Waals surface area contributed by atoms with Crippen molar-refractivity contribution in [1.29, 1.82) is 0 Å². The number of nitro groups is 1. The number of nitrogens with one attached hydrogen (secondary N) is 2. The second-order valence-corrected chi connectivity index (χ2v) is 6.46. The van der Waals surface area contributed by atoms with Gasteiger partial charge in [-0.25, -0.2) is 0 Å². The molecule has 0 aliphatic heterocycles. The molecule has 0 spiro atoms. The molecule has 2 aromatic heterocycles. The Morgan fingerprint density at radius 3 is 2.21 bits per heavy atom. The van der Waals surface area contributed by atoms with Crippen molar-refractivity contribution in [2.75, 3.05) is 10.6 Å². The Balaban J connectivity index is 1.83. The van der Waals surface area contributed by atoms with E-state index in [1.807, 2.05) is 6.92 Å². The molecule has 1 aromatic carbocycles. The minimum atomic E-state index is -0.513. The number of nitro benzene ring substituents is 1. The van der Waals surface area contributed by atoms with Crippen LogP contribution in [0.25, 0.3) is 0 Å². The summed E-state index contributed by atoms with van der Waals surface area (Å²) in [5.41, 5.74) is 2.20. The molecule has 29 heavy (non-hydrogen) atoms. The third-order valence-electron chi connectivity index (χ3n) is 4.54. The predicted octanol–water partition coefficient (Wildman–Crippen LogP) is 2.18. The van der Waals surface area contributed by atoms with Gasteiger partial charge in [0.05, 0.1) is 34.4 Å². The van der Waals surface area contributed by atoms with E-state index in [1.165, 1.54) is 35.3 Å². The molecule has 0 fully saturated rings. The van der Waals surface area contributed by atoms with Crippen molar-refractivity contribution in [1.82, 2.24) is 19.6 Å². The molecular weight excluding hydrogens is 378 g/mol. The van der Waals surface area contributed by atoms with Gasteiger partial charge in [-0.05, 0) is 26.0 Å². The first-order valence-electron chi connectivity index (χ1n) is 8.57. The highest BCUT2D eigenvalue weighted by atomic mass is 16.6. The van der Waals surface area contributed by atoms with E-state index in [-0.39, 0.29) is 22.6 Å². The van der Waals surface area contributed by atoms with Crippen LogP contribution in [0.2, 0.25) is 0 Å². The zero-order valence-corrected chi connectivity index (χ0v) is 16.3. The quantitative estimate of drug-likeness (QED) is 0.500. The SMILES string of the molecule is Cc1cc(C(=O)Nc2cnn(C)c2C(=O)Nc2cnn(C)c2C)ccc1[N+](=O)[O-]. The van der Waals surface area contributed by atoms with E-state index in [0.717, 1.165) is 5.69 Å². The maximum atomic E-state index is 12.7. The van der Waals surface area contributed by atoms with Gasteiger partial charge in [-0.1, -0.05) is 0 Å². The smallest absolute Gasteiger partial charge is 0.276 e. The molecule has 0 radical (unpaired) electrons. The number of aryl methyl sites for hydroxylation is 3. The molecule has 0 atom stereocenters. The molecule has 2 heterocycles. The molecule has 0 saturated carbocycles. The largest absolute Gasteiger partial charge is 0.319 e. The van der Waals surface area contributed by atoms with Gasteiger partial charge in [-0.2, -0.15) is 10.2 Å². The standard InChI is InChI=1S/C18H19N7O4/c1-10-7-12(5-6-15(10)25(28)29)17(26)22-14-9-20-24(4)16(14)18(27)21-13-8-19-23(3)11(13)2/h5-9H,1-4H3,(H,21,27)(H,22,26). The van der Waals surface area contributed by atoms with Crippen molar-refractivity contribution < 1.29 is 14.5 Å². The summed E-state index contributed by atoms with van der Waals surface area (Å²) in [6.07, 6.45) is 2.89. The molecule has 3 rings (SSSR count). The average Bonchev–Trinajstić information content (AvgIpc) is 3.18. The minimum Gasteiger partial charge on any atom is -0.319 e. The summed E-state index contributed by atoms with van der Waals surface area (Å²) in [7, 11) is 3.34. The number of nitrogens with zero attached hydrogens (tertiary/aromatic N) is 5. The molecule has 0 aliphatic carbocycles. The maximum absolute atomic E-state index is 12.7. The summed E-state index contributed by atoms with van der Waals surface area (Å²) < 4.78 is 2.97. The number of hydrogen-bond acceptors (Lipinski definition) is 6. The lowest BCUT2D eigenvalue weighted by Gasteiger charge is -2.09. The fourth-order valence-corrected chi connectivity index (χ4v) is 2.80. The first-order chi connectivity index (χ1) is 13.7. The number of aromatic nitrogens is 4. The topological polar surface area (TPSA) is 137 Å². The van der Waals surface area contributed by atoms with Crippen LogP contribution in [-0.2, 0) is 14.1 Å². The van der Waals surface area contributed by atoms with E-state index >= 15 is 0 Å². The number of carbonyl (C=O) groups is 2. The van der Waals surface area contributed by atoms with Crippen molar-refractivity contribution in [3.63, 3.8) is 0 Å². The van der Waals surface area contributed by atoms with Gasteiger partial charge in [-0.15, -0.1) is 0 Å². The molecule has 0 bridgehead atoms. The Kier molecular flexibility index (Phi) is 5.13. The molecule has 3 aromatic rings. The normalized spacial score (nSPS) is 10.6. The van der Waals surface area contributed by atoms with Crippen LogP contribution in [-0.4, -0.2) is 36.3 Å². The van der Waals surface area contributed by atoms with Crippen LogP contribution in [0.3, 0.4) is 0 Å². The fourth-order valence-electron chi connectivity index (χ4n) is 2.80. The van der Waals surface area contributed by atoms with E-state index in [4.69, 9.17) is 0 Å². The summed E-state index contributed by atoms with van der Waals surface area (Å²) in [5, 5.41) is 24.4. The second-order valence-electron chi connectivity index (χ2n) is 6.46. The van der Waals surface area contributed by atoms with Crippen LogP contribution in [0, 0.1) is 24.0 Å². The second kappa shape index (κ2) is 7.54. The predicted molar refractivity (Wildman–Crippen MR) is 105 cm³/mol. The molecule has 11 nitrogen and oxygen atoms in total. The average molecular weight is 397 g/mol. The lowest BCUT2D eigenvalue weighted by Crippen LogP contribution is -2.20. The van der Waals surface area contributed by atoms with E-state index in [2.05, 4.69) is 20.8 Å². The molecule has 0 unspecified atom stereocenters. The highest BCUT2D eigenvalue weighted by Crippen LogP contribution is 2.22. The summed E-state index contributed by atoms with van der Waals surface area (Å²) in [6.45, 7) is 3.36. The molecular formula is C18H19N7O4. The molecule has 0 aliphatic rings. The lowest BCUT2D eigenvalue weighted by atomic mass is 10.1. The Morgan fingerprint density at radius 2 is 1.62 bits per heavy atom. The Bertz CT molecular complexity index is 1130. The Hall–Kier alpha value is -4.02. The van der Waals surface area contributed by atoms with Gasteiger partial charge in [0.15, 0.2) is 0 Å². The monoisotopic (exact) mass is 397 g/mol. The summed E-state index contributed by atoms with van der Waals surface area (Å²) in [6, 6.07) is 4.05. The maximum Gasteiger partial charge on any atom is 0.276 e. The third-order valence-corrected chi connectivity index (χ3v) is 4.54. The Morgan fingerprint density at radius 1 is 1.00 bits per heavy atom. The van der Waals surface area contributed by atoms with E-state index in [9.17, 15) is 19.7 Å². The summed E-state index contributed by atoms with van der Waals surface area (Å²) in [5.74, 6) is -0.973. The van der Waals surface area contributed by atoms with Crippen LogP contribution in [0.15, 0.2) is 30.6 Å². The van der Waals surface area contributed by atoms with Crippen LogP contribution in [0.4, 0.5) is 17.1 Å². The molecule has 150 valence electrons. The third kappa shape index (κ3) is 3.83. The van der Waals surface area contributed by atoms with Gasteiger partial charge in [0.2, 0.25) is 0 Å². The summed E-state index contributed by atoms with van der Waals surface area (Å²) >= 11 is 0. The van der Waals surface area contributed by atoms with Crippen LogP contribution >= 0.6 is 0 Å². The van der Waals surface area contributed by atoms with Crippen LogP contribution < -0.4 is 10.6 Å². The number of rotatable bonds is 5. The highest BCUT2D eigenvalue weighted by Gasteiger charge is 2.21. The molecule has 11 heteroatoms. The van der Waals surface area contributed by atoms with Crippen molar-refractivity contribution in [3.05, 3.63) is 63.2 Å². The van der Waals surface area contributed by atoms with Crippen molar-refractivity contribution in [3.8, 4) is 0 Å². The van der Waals surface area contributed by atoms with Crippen molar-refractivity contribution in [2.45, 2.75) is 13.8 Å².